The number of allylic oxidation sites excluding steroid dienone is 1. The van der Waals surface area contributed by atoms with Crippen molar-refractivity contribution in [1.29, 1.82) is 10.5 Å². The summed E-state index contributed by atoms with van der Waals surface area (Å²) in [6.45, 7) is 6.17. The van der Waals surface area contributed by atoms with Crippen molar-refractivity contribution >= 4 is 11.4 Å². The minimum atomic E-state index is 0.0582. The Kier molecular flexibility index (Phi) is 5.28. The highest BCUT2D eigenvalue weighted by Gasteiger charge is 2.00. The molecule has 4 nitrogen and oxygen atoms in total. The predicted molar refractivity (Wildman–Crippen MR) is 72.9 cm³/mol. The molecule has 0 amide bonds. The van der Waals surface area contributed by atoms with Crippen LogP contribution in [0.3, 0.4) is 0 Å². The van der Waals surface area contributed by atoms with Gasteiger partial charge < -0.3 is 10.2 Å². The number of anilines is 2. The van der Waals surface area contributed by atoms with Crippen LogP contribution in [0.4, 0.5) is 11.4 Å². The molecular formula is C14H16N4. The van der Waals surface area contributed by atoms with E-state index in [2.05, 4.69) is 24.1 Å². The van der Waals surface area contributed by atoms with Crippen LogP contribution in [-0.2, 0) is 0 Å². The normalized spacial score (nSPS) is 8.89. The Morgan fingerprint density at radius 2 is 1.72 bits per heavy atom. The Labute approximate surface area is 108 Å². The first kappa shape index (κ1) is 13.6. The number of nitriles is 2. The molecule has 0 saturated carbocycles. The van der Waals surface area contributed by atoms with Crippen LogP contribution in [0.25, 0.3) is 0 Å². The summed E-state index contributed by atoms with van der Waals surface area (Å²) in [5.41, 5.74) is 2.08. The van der Waals surface area contributed by atoms with Gasteiger partial charge in [0.2, 0.25) is 0 Å². The van der Waals surface area contributed by atoms with Gasteiger partial charge in [0.05, 0.1) is 0 Å². The molecule has 0 aliphatic rings. The topological polar surface area (TPSA) is 62.9 Å². The van der Waals surface area contributed by atoms with Gasteiger partial charge in [0.1, 0.15) is 17.7 Å². The summed E-state index contributed by atoms with van der Waals surface area (Å²) in [6, 6.07) is 11.5. The highest BCUT2D eigenvalue weighted by molar-refractivity contribution is 5.57. The third kappa shape index (κ3) is 3.54. The van der Waals surface area contributed by atoms with E-state index in [9.17, 15) is 0 Å². The molecule has 0 fully saturated rings. The SMILES string of the molecule is CCN(CC)c1ccc(NC=C(C#N)C#N)cc1. The van der Waals surface area contributed by atoms with Crippen molar-refractivity contribution in [2.45, 2.75) is 13.8 Å². The van der Waals surface area contributed by atoms with E-state index in [0.29, 0.717) is 0 Å². The van der Waals surface area contributed by atoms with E-state index in [0.717, 1.165) is 24.5 Å². The smallest absolute Gasteiger partial charge is 0.145 e. The highest BCUT2D eigenvalue weighted by Crippen LogP contribution is 2.17. The van der Waals surface area contributed by atoms with Gasteiger partial charge in [-0.1, -0.05) is 0 Å². The van der Waals surface area contributed by atoms with Gasteiger partial charge in [-0.3, -0.25) is 0 Å². The van der Waals surface area contributed by atoms with Gasteiger partial charge in [-0.2, -0.15) is 10.5 Å². The van der Waals surface area contributed by atoms with Crippen LogP contribution in [0.15, 0.2) is 36.0 Å². The van der Waals surface area contributed by atoms with Crippen molar-refractivity contribution in [2.24, 2.45) is 0 Å². The predicted octanol–water partition coefficient (Wildman–Crippen LogP) is 2.88. The van der Waals surface area contributed by atoms with Crippen LogP contribution in [0.1, 0.15) is 13.8 Å². The molecule has 0 heterocycles. The van der Waals surface area contributed by atoms with Crippen LogP contribution in [0, 0.1) is 22.7 Å². The van der Waals surface area contributed by atoms with Crippen molar-refractivity contribution in [3.8, 4) is 12.1 Å². The van der Waals surface area contributed by atoms with Gasteiger partial charge in [0.25, 0.3) is 0 Å². The molecule has 0 spiro atoms. The van der Waals surface area contributed by atoms with E-state index >= 15 is 0 Å². The van der Waals surface area contributed by atoms with Gasteiger partial charge >= 0.3 is 0 Å². The Bertz CT molecular complexity index is 468. The maximum atomic E-state index is 8.60. The molecule has 92 valence electrons. The Hall–Kier alpha value is -2.46. The van der Waals surface area contributed by atoms with E-state index in [4.69, 9.17) is 10.5 Å². The molecule has 0 saturated heterocycles. The number of nitrogens with zero attached hydrogens (tertiary/aromatic N) is 3. The number of nitrogens with one attached hydrogen (secondary N) is 1. The molecule has 0 atom stereocenters. The fourth-order valence-electron chi connectivity index (χ4n) is 1.60. The first-order valence-corrected chi connectivity index (χ1v) is 5.87. The molecule has 1 aromatic rings. The van der Waals surface area contributed by atoms with E-state index in [1.165, 1.54) is 6.20 Å². The first-order chi connectivity index (χ1) is 8.74. The fourth-order valence-corrected chi connectivity index (χ4v) is 1.60. The van der Waals surface area contributed by atoms with Crippen molar-refractivity contribution in [2.75, 3.05) is 23.3 Å². The zero-order valence-corrected chi connectivity index (χ0v) is 10.6. The third-order valence-corrected chi connectivity index (χ3v) is 2.62. The lowest BCUT2D eigenvalue weighted by atomic mass is 10.2. The molecule has 18 heavy (non-hydrogen) atoms. The maximum absolute atomic E-state index is 8.60. The first-order valence-electron chi connectivity index (χ1n) is 5.87. The number of benzene rings is 1. The average molecular weight is 240 g/mol. The Balaban J connectivity index is 2.76. The lowest BCUT2D eigenvalue weighted by molar-refractivity contribution is 0.866. The average Bonchev–Trinajstić information content (AvgIpc) is 2.43. The second kappa shape index (κ2) is 6.98. The van der Waals surface area contributed by atoms with E-state index in [-0.39, 0.29) is 5.57 Å². The molecule has 0 unspecified atom stereocenters. The van der Waals surface area contributed by atoms with Crippen molar-refractivity contribution in [3.63, 3.8) is 0 Å². The fraction of sp³-hybridized carbons (Fsp3) is 0.286. The summed E-state index contributed by atoms with van der Waals surface area (Å²) in [5.74, 6) is 0. The minimum Gasteiger partial charge on any atom is -0.372 e. The summed E-state index contributed by atoms with van der Waals surface area (Å²) < 4.78 is 0. The summed E-state index contributed by atoms with van der Waals surface area (Å²) in [4.78, 5) is 2.25. The molecule has 0 aliphatic heterocycles. The van der Waals surface area contributed by atoms with E-state index in [1.54, 1.807) is 12.1 Å². The van der Waals surface area contributed by atoms with Crippen molar-refractivity contribution in [1.82, 2.24) is 0 Å². The van der Waals surface area contributed by atoms with Crippen LogP contribution in [-0.4, -0.2) is 13.1 Å². The largest absolute Gasteiger partial charge is 0.372 e. The molecule has 0 radical (unpaired) electrons. The summed E-state index contributed by atoms with van der Waals surface area (Å²) in [7, 11) is 0. The summed E-state index contributed by atoms with van der Waals surface area (Å²) in [5, 5.41) is 20.1. The van der Waals surface area contributed by atoms with Gasteiger partial charge in [0, 0.05) is 30.7 Å². The Morgan fingerprint density at radius 3 is 2.17 bits per heavy atom. The lowest BCUT2D eigenvalue weighted by Gasteiger charge is -2.21. The number of rotatable bonds is 5. The summed E-state index contributed by atoms with van der Waals surface area (Å²) in [6.07, 6.45) is 1.41. The lowest BCUT2D eigenvalue weighted by Crippen LogP contribution is -2.21. The van der Waals surface area contributed by atoms with Gasteiger partial charge in [0.15, 0.2) is 0 Å². The molecule has 1 N–H and O–H groups in total. The van der Waals surface area contributed by atoms with E-state index in [1.807, 2.05) is 24.3 Å². The van der Waals surface area contributed by atoms with Crippen molar-refractivity contribution < 1.29 is 0 Å². The van der Waals surface area contributed by atoms with Crippen LogP contribution < -0.4 is 10.2 Å². The van der Waals surface area contributed by atoms with Crippen LogP contribution in [0.5, 0.6) is 0 Å². The monoisotopic (exact) mass is 240 g/mol. The van der Waals surface area contributed by atoms with Gasteiger partial charge in [-0.15, -0.1) is 0 Å². The van der Waals surface area contributed by atoms with Crippen molar-refractivity contribution in [3.05, 3.63) is 36.0 Å². The quantitative estimate of drug-likeness (QED) is 0.804. The molecule has 0 bridgehead atoms. The molecule has 0 aliphatic carbocycles. The molecule has 1 rings (SSSR count). The standard InChI is InChI=1S/C14H16N4/c1-3-18(4-2)14-7-5-13(6-8-14)17-11-12(9-15)10-16/h5-8,11,17H,3-4H2,1-2H3. The molecule has 1 aromatic carbocycles. The van der Waals surface area contributed by atoms with Gasteiger partial charge in [-0.25, -0.2) is 0 Å². The molecular weight excluding hydrogens is 224 g/mol. The number of hydrogen-bond donors (Lipinski definition) is 1. The Morgan fingerprint density at radius 1 is 1.17 bits per heavy atom. The zero-order chi connectivity index (χ0) is 13.4. The zero-order valence-electron chi connectivity index (χ0n) is 10.6. The second-order valence-electron chi connectivity index (χ2n) is 3.65. The molecule has 0 aromatic heterocycles. The highest BCUT2D eigenvalue weighted by atomic mass is 15.1. The summed E-state index contributed by atoms with van der Waals surface area (Å²) >= 11 is 0. The number of hydrogen-bond acceptors (Lipinski definition) is 4. The minimum absolute atomic E-state index is 0.0582. The maximum Gasteiger partial charge on any atom is 0.145 e. The van der Waals surface area contributed by atoms with Crippen LogP contribution >= 0.6 is 0 Å². The second-order valence-corrected chi connectivity index (χ2v) is 3.65. The third-order valence-electron chi connectivity index (χ3n) is 2.62. The van der Waals surface area contributed by atoms with Gasteiger partial charge in [-0.05, 0) is 38.1 Å². The van der Waals surface area contributed by atoms with Crippen LogP contribution in [0.2, 0.25) is 0 Å². The van der Waals surface area contributed by atoms with E-state index < -0.39 is 0 Å². The molecule has 4 heteroatoms.